The standard InChI is InChI=1S/C23H14O5/c24-15-10-9-12-5-1-2-6-13(12)19(15)20-16(25)11-18-21(23(20)27)22(26)14-7-3-4-8-17(14)28-18/h1-11,24-25,27H. The Morgan fingerprint density at radius 3 is 2.21 bits per heavy atom. The topological polar surface area (TPSA) is 90.9 Å². The summed E-state index contributed by atoms with van der Waals surface area (Å²) in [6.45, 7) is 0. The Hall–Kier alpha value is -3.99. The Bertz CT molecular complexity index is 1460. The number of phenolic OH excluding ortho intramolecular Hbond substituents is 3. The Morgan fingerprint density at radius 2 is 1.39 bits per heavy atom. The van der Waals surface area contributed by atoms with Crippen molar-refractivity contribution < 1.29 is 19.7 Å². The lowest BCUT2D eigenvalue weighted by atomic mass is 9.94. The second-order valence-corrected chi connectivity index (χ2v) is 6.60. The normalized spacial score (nSPS) is 11.4. The minimum absolute atomic E-state index is 0.00983. The highest BCUT2D eigenvalue weighted by molar-refractivity contribution is 6.07. The van der Waals surface area contributed by atoms with Gasteiger partial charge in [0, 0.05) is 11.6 Å². The van der Waals surface area contributed by atoms with Gasteiger partial charge in [0.05, 0.1) is 10.9 Å². The summed E-state index contributed by atoms with van der Waals surface area (Å²) in [6, 6.07) is 18.5. The second kappa shape index (κ2) is 5.76. The van der Waals surface area contributed by atoms with Crippen LogP contribution in [-0.2, 0) is 0 Å². The first-order valence-corrected chi connectivity index (χ1v) is 8.68. The van der Waals surface area contributed by atoms with Crippen molar-refractivity contribution in [1.29, 1.82) is 0 Å². The van der Waals surface area contributed by atoms with Crippen molar-refractivity contribution in [2.45, 2.75) is 0 Å². The smallest absolute Gasteiger partial charge is 0.204 e. The highest BCUT2D eigenvalue weighted by atomic mass is 16.3. The van der Waals surface area contributed by atoms with Crippen molar-refractivity contribution in [3.05, 3.63) is 77.0 Å². The second-order valence-electron chi connectivity index (χ2n) is 6.60. The molecule has 0 spiro atoms. The van der Waals surface area contributed by atoms with Crippen molar-refractivity contribution in [2.75, 3.05) is 0 Å². The first-order valence-electron chi connectivity index (χ1n) is 8.68. The van der Waals surface area contributed by atoms with Crippen LogP contribution in [0, 0.1) is 0 Å². The fourth-order valence-corrected chi connectivity index (χ4v) is 3.70. The van der Waals surface area contributed by atoms with Crippen LogP contribution < -0.4 is 5.43 Å². The van der Waals surface area contributed by atoms with E-state index in [1.165, 1.54) is 12.1 Å². The largest absolute Gasteiger partial charge is 0.507 e. The van der Waals surface area contributed by atoms with E-state index in [4.69, 9.17) is 4.42 Å². The third-order valence-electron chi connectivity index (χ3n) is 4.98. The molecule has 5 heteroatoms. The van der Waals surface area contributed by atoms with Gasteiger partial charge in [-0.25, -0.2) is 0 Å². The predicted octanol–water partition coefficient (Wildman–Crippen LogP) is 4.88. The van der Waals surface area contributed by atoms with Gasteiger partial charge in [-0.2, -0.15) is 0 Å². The molecule has 0 saturated heterocycles. The average molecular weight is 370 g/mol. The Morgan fingerprint density at radius 1 is 0.679 bits per heavy atom. The number of benzene rings is 4. The summed E-state index contributed by atoms with van der Waals surface area (Å²) in [5.74, 6) is -0.843. The van der Waals surface area contributed by atoms with Crippen LogP contribution in [0.2, 0.25) is 0 Å². The van der Waals surface area contributed by atoms with E-state index < -0.39 is 11.2 Å². The van der Waals surface area contributed by atoms with E-state index in [1.807, 2.05) is 12.1 Å². The minimum Gasteiger partial charge on any atom is -0.507 e. The molecule has 0 aliphatic heterocycles. The van der Waals surface area contributed by atoms with Crippen LogP contribution in [0.1, 0.15) is 0 Å². The number of hydrogen-bond acceptors (Lipinski definition) is 5. The summed E-state index contributed by atoms with van der Waals surface area (Å²) < 4.78 is 5.71. The average Bonchev–Trinajstić information content (AvgIpc) is 2.69. The van der Waals surface area contributed by atoms with E-state index in [2.05, 4.69) is 0 Å². The van der Waals surface area contributed by atoms with Gasteiger partial charge < -0.3 is 19.7 Å². The van der Waals surface area contributed by atoms with Gasteiger partial charge in [0.2, 0.25) is 5.43 Å². The first-order chi connectivity index (χ1) is 13.6. The van der Waals surface area contributed by atoms with Gasteiger partial charge in [0.25, 0.3) is 0 Å². The number of para-hydroxylation sites is 1. The lowest BCUT2D eigenvalue weighted by Gasteiger charge is -2.14. The molecule has 0 bridgehead atoms. The van der Waals surface area contributed by atoms with E-state index in [-0.39, 0.29) is 33.6 Å². The summed E-state index contributed by atoms with van der Waals surface area (Å²) in [5.41, 5.74) is 0.268. The molecular weight excluding hydrogens is 356 g/mol. The number of phenols is 3. The summed E-state index contributed by atoms with van der Waals surface area (Å²) >= 11 is 0. The van der Waals surface area contributed by atoms with Gasteiger partial charge in [-0.3, -0.25) is 4.79 Å². The molecule has 0 atom stereocenters. The lowest BCUT2D eigenvalue weighted by molar-refractivity contribution is 0.452. The monoisotopic (exact) mass is 370 g/mol. The fraction of sp³-hybridized carbons (Fsp3) is 0. The van der Waals surface area contributed by atoms with Crippen LogP contribution in [0.3, 0.4) is 0 Å². The molecule has 0 aliphatic carbocycles. The molecule has 28 heavy (non-hydrogen) atoms. The molecule has 1 aromatic heterocycles. The molecular formula is C23H14O5. The van der Waals surface area contributed by atoms with Crippen molar-refractivity contribution in [3.63, 3.8) is 0 Å². The molecule has 136 valence electrons. The molecule has 1 heterocycles. The summed E-state index contributed by atoms with van der Waals surface area (Å²) in [4.78, 5) is 13.0. The Kier molecular flexibility index (Phi) is 3.33. The molecule has 0 unspecified atom stereocenters. The molecule has 0 fully saturated rings. The van der Waals surface area contributed by atoms with Crippen molar-refractivity contribution >= 4 is 32.7 Å². The Labute approximate surface area is 158 Å². The van der Waals surface area contributed by atoms with Gasteiger partial charge >= 0.3 is 0 Å². The fourth-order valence-electron chi connectivity index (χ4n) is 3.70. The molecule has 3 N–H and O–H groups in total. The highest BCUT2D eigenvalue weighted by Crippen LogP contribution is 2.48. The van der Waals surface area contributed by atoms with Crippen molar-refractivity contribution in [2.24, 2.45) is 0 Å². The summed E-state index contributed by atoms with van der Waals surface area (Å²) in [5, 5.41) is 33.9. The molecule has 0 amide bonds. The maximum absolute atomic E-state index is 13.0. The van der Waals surface area contributed by atoms with Crippen LogP contribution >= 0.6 is 0 Å². The van der Waals surface area contributed by atoms with Crippen LogP contribution in [0.15, 0.2) is 75.9 Å². The van der Waals surface area contributed by atoms with Crippen LogP contribution in [0.5, 0.6) is 17.2 Å². The maximum Gasteiger partial charge on any atom is 0.204 e. The molecule has 0 radical (unpaired) electrons. The maximum atomic E-state index is 13.0. The summed E-state index contributed by atoms with van der Waals surface area (Å²) in [6.07, 6.45) is 0. The molecule has 5 aromatic rings. The SMILES string of the molecule is O=c1c2ccccc2oc2cc(O)c(-c3c(O)ccc4ccccc34)c(O)c12. The van der Waals surface area contributed by atoms with Crippen LogP contribution in [0.25, 0.3) is 43.8 Å². The zero-order chi connectivity index (χ0) is 19.4. The quantitative estimate of drug-likeness (QED) is 0.366. The number of hydrogen-bond donors (Lipinski definition) is 3. The number of aromatic hydroxyl groups is 3. The van der Waals surface area contributed by atoms with Gasteiger partial charge in [-0.15, -0.1) is 0 Å². The molecule has 0 aliphatic rings. The molecule has 5 rings (SSSR count). The van der Waals surface area contributed by atoms with Gasteiger partial charge in [-0.1, -0.05) is 42.5 Å². The van der Waals surface area contributed by atoms with Crippen molar-refractivity contribution in [3.8, 4) is 28.4 Å². The lowest BCUT2D eigenvalue weighted by Crippen LogP contribution is -2.03. The Balaban J connectivity index is 1.98. The van der Waals surface area contributed by atoms with Gasteiger partial charge in [0.1, 0.15) is 33.8 Å². The zero-order valence-corrected chi connectivity index (χ0v) is 14.5. The number of fused-ring (bicyclic) bond motifs is 3. The highest BCUT2D eigenvalue weighted by Gasteiger charge is 2.23. The minimum atomic E-state index is -0.429. The van der Waals surface area contributed by atoms with Gasteiger partial charge in [-0.05, 0) is 29.0 Å². The van der Waals surface area contributed by atoms with Crippen LogP contribution in [-0.4, -0.2) is 15.3 Å². The first kappa shape index (κ1) is 16.2. The van der Waals surface area contributed by atoms with E-state index in [1.54, 1.807) is 42.5 Å². The molecule has 4 aromatic carbocycles. The third-order valence-corrected chi connectivity index (χ3v) is 4.98. The van der Waals surface area contributed by atoms with E-state index in [0.29, 0.717) is 16.4 Å². The zero-order valence-electron chi connectivity index (χ0n) is 14.5. The van der Waals surface area contributed by atoms with Crippen molar-refractivity contribution in [1.82, 2.24) is 0 Å². The third kappa shape index (κ3) is 2.16. The summed E-state index contributed by atoms with van der Waals surface area (Å²) in [7, 11) is 0. The molecule has 0 saturated carbocycles. The van der Waals surface area contributed by atoms with E-state index in [9.17, 15) is 20.1 Å². The van der Waals surface area contributed by atoms with E-state index in [0.717, 1.165) is 5.39 Å². The van der Waals surface area contributed by atoms with E-state index >= 15 is 0 Å². The molecule has 5 nitrogen and oxygen atoms in total. The number of rotatable bonds is 1. The van der Waals surface area contributed by atoms with Gasteiger partial charge in [0.15, 0.2) is 0 Å². The predicted molar refractivity (Wildman–Crippen MR) is 108 cm³/mol. The van der Waals surface area contributed by atoms with Crippen LogP contribution in [0.4, 0.5) is 0 Å².